The first-order valence-corrected chi connectivity index (χ1v) is 7.19. The Bertz CT molecular complexity index is 347. The topological polar surface area (TPSA) is 63.3 Å². The molecule has 0 aromatic rings. The maximum atomic E-state index is 11.3. The van der Waals surface area contributed by atoms with Gasteiger partial charge in [-0.2, -0.15) is 0 Å². The highest BCUT2D eigenvalue weighted by Crippen LogP contribution is 2.72. The van der Waals surface area contributed by atoms with Crippen molar-refractivity contribution in [2.45, 2.75) is 48.4 Å². The van der Waals surface area contributed by atoms with Gasteiger partial charge in [-0.1, -0.05) is 45.7 Å². The standard InChI is InChI=1S/C11H17Br2NO2/c1-9(2)8(16)11(13)4-3-10(9,7(11)12)5-6(14)15/h7-8,16H,3-5H2,1-2H3,(H2,14,15)/t7-,8-,10-,11+/m0/s1. The molecule has 0 heterocycles. The maximum Gasteiger partial charge on any atom is 0.218 e. The molecule has 0 saturated heterocycles. The number of nitrogens with two attached hydrogens (primary N) is 1. The van der Waals surface area contributed by atoms with Crippen molar-refractivity contribution in [3.05, 3.63) is 0 Å². The van der Waals surface area contributed by atoms with E-state index in [9.17, 15) is 9.90 Å². The van der Waals surface area contributed by atoms with Gasteiger partial charge in [0.25, 0.3) is 0 Å². The SMILES string of the molecule is CC1(C)[C@H](O)[C@@]2(Br)CC[C@]1(CC(N)=O)[C@@H]2Br. The number of carbonyl (C=O) groups excluding carboxylic acids is 1. The molecule has 2 fully saturated rings. The Balaban J connectivity index is 2.48. The Morgan fingerprint density at radius 1 is 1.50 bits per heavy atom. The second-order valence-electron chi connectivity index (χ2n) is 5.71. The van der Waals surface area contributed by atoms with Gasteiger partial charge >= 0.3 is 0 Å². The summed E-state index contributed by atoms with van der Waals surface area (Å²) in [6, 6.07) is 0. The predicted molar refractivity (Wildman–Crippen MR) is 69.6 cm³/mol. The zero-order chi connectivity index (χ0) is 12.4. The third kappa shape index (κ3) is 1.25. The van der Waals surface area contributed by atoms with Crippen molar-refractivity contribution in [2.24, 2.45) is 16.6 Å². The molecule has 3 nitrogen and oxygen atoms in total. The molecule has 4 atom stereocenters. The fraction of sp³-hybridized carbons (Fsp3) is 0.909. The molecule has 92 valence electrons. The quantitative estimate of drug-likeness (QED) is 0.744. The lowest BCUT2D eigenvalue weighted by Gasteiger charge is -2.45. The molecule has 2 bridgehead atoms. The van der Waals surface area contributed by atoms with Gasteiger partial charge in [-0.15, -0.1) is 0 Å². The van der Waals surface area contributed by atoms with Gasteiger partial charge in [0.2, 0.25) is 5.91 Å². The van der Waals surface area contributed by atoms with Gasteiger partial charge in [0.05, 0.1) is 10.4 Å². The number of fused-ring (bicyclic) bond motifs is 2. The minimum absolute atomic E-state index is 0.0880. The van der Waals surface area contributed by atoms with E-state index in [0.717, 1.165) is 12.8 Å². The first-order valence-electron chi connectivity index (χ1n) is 5.48. The van der Waals surface area contributed by atoms with Crippen LogP contribution in [0.5, 0.6) is 0 Å². The molecule has 1 amide bonds. The summed E-state index contributed by atoms with van der Waals surface area (Å²) < 4.78 is -0.314. The van der Waals surface area contributed by atoms with Crippen LogP contribution >= 0.6 is 31.9 Å². The average molecular weight is 355 g/mol. The highest BCUT2D eigenvalue weighted by atomic mass is 79.9. The summed E-state index contributed by atoms with van der Waals surface area (Å²) in [5, 5.41) is 10.4. The Morgan fingerprint density at radius 2 is 2.06 bits per heavy atom. The number of carbonyl (C=O) groups is 1. The van der Waals surface area contributed by atoms with Gasteiger partial charge in [-0.25, -0.2) is 0 Å². The van der Waals surface area contributed by atoms with Gasteiger partial charge in [0.1, 0.15) is 0 Å². The van der Waals surface area contributed by atoms with E-state index in [0.29, 0.717) is 6.42 Å². The van der Waals surface area contributed by atoms with Crippen LogP contribution in [-0.4, -0.2) is 26.3 Å². The molecule has 2 aliphatic carbocycles. The molecule has 5 heteroatoms. The lowest BCUT2D eigenvalue weighted by Crippen LogP contribution is -2.47. The number of amides is 1. The average Bonchev–Trinajstić information content (AvgIpc) is 2.46. The number of alkyl halides is 2. The molecular weight excluding hydrogens is 338 g/mol. The molecular formula is C11H17Br2NO2. The third-order valence-corrected chi connectivity index (χ3v) is 8.37. The number of hydrogen-bond acceptors (Lipinski definition) is 2. The molecule has 0 aromatic carbocycles. The van der Waals surface area contributed by atoms with Gasteiger partial charge in [0, 0.05) is 16.7 Å². The van der Waals surface area contributed by atoms with E-state index in [1.165, 1.54) is 0 Å². The number of rotatable bonds is 2. The zero-order valence-corrected chi connectivity index (χ0v) is 12.6. The molecule has 0 unspecified atom stereocenters. The van der Waals surface area contributed by atoms with Crippen LogP contribution in [0.4, 0.5) is 0 Å². The molecule has 0 aromatic heterocycles. The third-order valence-electron chi connectivity index (χ3n) is 4.77. The molecule has 3 N–H and O–H groups in total. The molecule has 2 saturated carbocycles. The largest absolute Gasteiger partial charge is 0.391 e. The van der Waals surface area contributed by atoms with E-state index in [-0.39, 0.29) is 25.9 Å². The van der Waals surface area contributed by atoms with Crippen molar-refractivity contribution in [3.8, 4) is 0 Å². The van der Waals surface area contributed by atoms with Crippen LogP contribution in [-0.2, 0) is 4.79 Å². The Hall–Kier alpha value is 0.390. The zero-order valence-electron chi connectivity index (χ0n) is 9.46. The second kappa shape index (κ2) is 3.45. The first kappa shape index (κ1) is 12.8. The summed E-state index contributed by atoms with van der Waals surface area (Å²) in [5.74, 6) is -0.289. The number of hydrogen-bond donors (Lipinski definition) is 2. The van der Waals surface area contributed by atoms with E-state index in [1.54, 1.807) is 0 Å². The van der Waals surface area contributed by atoms with Crippen molar-refractivity contribution in [1.82, 2.24) is 0 Å². The fourth-order valence-electron chi connectivity index (χ4n) is 3.64. The van der Waals surface area contributed by atoms with Crippen LogP contribution in [0.25, 0.3) is 0 Å². The van der Waals surface area contributed by atoms with E-state index in [4.69, 9.17) is 5.73 Å². The van der Waals surface area contributed by atoms with E-state index < -0.39 is 6.10 Å². The molecule has 2 rings (SSSR count). The molecule has 0 radical (unpaired) electrons. The molecule has 0 aliphatic heterocycles. The summed E-state index contributed by atoms with van der Waals surface area (Å²) in [4.78, 5) is 11.4. The lowest BCUT2D eigenvalue weighted by molar-refractivity contribution is -0.123. The van der Waals surface area contributed by atoms with E-state index in [1.807, 2.05) is 13.8 Å². The van der Waals surface area contributed by atoms with Crippen molar-refractivity contribution in [3.63, 3.8) is 0 Å². The van der Waals surface area contributed by atoms with Gasteiger partial charge in [0.15, 0.2) is 0 Å². The van der Waals surface area contributed by atoms with Crippen LogP contribution in [0.3, 0.4) is 0 Å². The van der Waals surface area contributed by atoms with Crippen LogP contribution < -0.4 is 5.73 Å². The normalized spacial score (nSPS) is 49.6. The van der Waals surface area contributed by atoms with Crippen LogP contribution in [0.1, 0.15) is 33.1 Å². The summed E-state index contributed by atoms with van der Waals surface area (Å²) in [5.41, 5.74) is 4.82. The highest BCUT2D eigenvalue weighted by molar-refractivity contribution is 9.12. The van der Waals surface area contributed by atoms with Gasteiger partial charge < -0.3 is 10.8 Å². The van der Waals surface area contributed by atoms with Gasteiger partial charge in [-0.05, 0) is 18.3 Å². The minimum Gasteiger partial charge on any atom is -0.391 e. The summed E-state index contributed by atoms with van der Waals surface area (Å²) in [6.45, 7) is 4.05. The number of aliphatic hydroxyl groups is 1. The van der Waals surface area contributed by atoms with Crippen LogP contribution in [0.2, 0.25) is 0 Å². The summed E-state index contributed by atoms with van der Waals surface area (Å²) in [6.07, 6.45) is 1.67. The lowest BCUT2D eigenvalue weighted by atomic mass is 9.62. The highest BCUT2D eigenvalue weighted by Gasteiger charge is 2.73. The predicted octanol–water partition coefficient (Wildman–Crippen LogP) is 1.94. The van der Waals surface area contributed by atoms with E-state index >= 15 is 0 Å². The number of aliphatic hydroxyl groups excluding tert-OH is 1. The molecule has 2 aliphatic rings. The van der Waals surface area contributed by atoms with E-state index in [2.05, 4.69) is 31.9 Å². The van der Waals surface area contributed by atoms with Gasteiger partial charge in [-0.3, -0.25) is 4.79 Å². The Morgan fingerprint density at radius 3 is 2.44 bits per heavy atom. The molecule has 16 heavy (non-hydrogen) atoms. The summed E-state index contributed by atoms with van der Waals surface area (Å²) in [7, 11) is 0. The first-order chi connectivity index (χ1) is 7.18. The number of halogens is 2. The Kier molecular flexibility index (Phi) is 2.77. The van der Waals surface area contributed by atoms with Crippen molar-refractivity contribution in [2.75, 3.05) is 0 Å². The van der Waals surface area contributed by atoms with Crippen molar-refractivity contribution in [1.29, 1.82) is 0 Å². The minimum atomic E-state index is -0.461. The monoisotopic (exact) mass is 353 g/mol. The van der Waals surface area contributed by atoms with Crippen molar-refractivity contribution >= 4 is 37.8 Å². The smallest absolute Gasteiger partial charge is 0.218 e. The Labute approximate surface area is 112 Å². The van der Waals surface area contributed by atoms with Crippen LogP contribution in [0.15, 0.2) is 0 Å². The maximum absolute atomic E-state index is 11.3. The van der Waals surface area contributed by atoms with Crippen molar-refractivity contribution < 1.29 is 9.90 Å². The summed E-state index contributed by atoms with van der Waals surface area (Å²) >= 11 is 7.34. The van der Waals surface area contributed by atoms with Crippen LogP contribution in [0, 0.1) is 10.8 Å². The molecule has 0 spiro atoms. The number of primary amides is 1. The second-order valence-corrected chi connectivity index (χ2v) is 8.10. The fourth-order valence-corrected chi connectivity index (χ4v) is 6.31.